The molecule has 1 unspecified atom stereocenters. The Bertz CT molecular complexity index is 80.4. The first-order valence-corrected chi connectivity index (χ1v) is 5.74. The van der Waals surface area contributed by atoms with E-state index in [0.29, 0.717) is 6.10 Å². The minimum absolute atomic E-state index is 0.449. The fraction of sp³-hybridized carbons (Fsp3) is 1.00. The molecular formula is C12H28O2. The van der Waals surface area contributed by atoms with Gasteiger partial charge in [0.25, 0.3) is 0 Å². The van der Waals surface area contributed by atoms with Gasteiger partial charge in [0.15, 0.2) is 0 Å². The highest BCUT2D eigenvalue weighted by Gasteiger charge is 1.92. The molecular weight excluding hydrogens is 176 g/mol. The van der Waals surface area contributed by atoms with Gasteiger partial charge in [0, 0.05) is 20.8 Å². The summed E-state index contributed by atoms with van der Waals surface area (Å²) >= 11 is 0. The topological polar surface area (TPSA) is 18.5 Å². The van der Waals surface area contributed by atoms with Crippen LogP contribution in [0.15, 0.2) is 0 Å². The van der Waals surface area contributed by atoms with Crippen LogP contribution in [0.1, 0.15) is 52.9 Å². The van der Waals surface area contributed by atoms with Crippen LogP contribution >= 0.6 is 0 Å². The normalized spacial score (nSPS) is 11.8. The summed E-state index contributed by atoms with van der Waals surface area (Å²) in [4.78, 5) is 0. The van der Waals surface area contributed by atoms with Crippen LogP contribution in [0.25, 0.3) is 0 Å². The van der Waals surface area contributed by atoms with Crippen LogP contribution in [0.4, 0.5) is 0 Å². The minimum Gasteiger partial charge on any atom is -0.385 e. The molecule has 0 amide bonds. The van der Waals surface area contributed by atoms with E-state index in [1.807, 2.05) is 0 Å². The molecule has 0 heterocycles. The second kappa shape index (κ2) is 15.4. The monoisotopic (exact) mass is 204 g/mol. The lowest BCUT2D eigenvalue weighted by molar-refractivity contribution is 0.110. The van der Waals surface area contributed by atoms with Crippen molar-refractivity contribution >= 4 is 0 Å². The largest absolute Gasteiger partial charge is 0.385 e. The fourth-order valence-corrected chi connectivity index (χ4v) is 1.02. The predicted octanol–water partition coefficient (Wildman–Crippen LogP) is 3.64. The van der Waals surface area contributed by atoms with Crippen LogP contribution in [-0.4, -0.2) is 26.9 Å². The van der Waals surface area contributed by atoms with Crippen molar-refractivity contribution in [1.82, 2.24) is 0 Å². The van der Waals surface area contributed by atoms with Gasteiger partial charge in [0.1, 0.15) is 0 Å². The Morgan fingerprint density at radius 1 is 1.00 bits per heavy atom. The maximum atomic E-state index is 4.99. The van der Waals surface area contributed by atoms with E-state index < -0.39 is 0 Å². The van der Waals surface area contributed by atoms with Crippen molar-refractivity contribution in [2.45, 2.75) is 59.0 Å². The summed E-state index contributed by atoms with van der Waals surface area (Å²) in [5.74, 6) is 0. The van der Waals surface area contributed by atoms with Crippen molar-refractivity contribution in [2.24, 2.45) is 0 Å². The van der Waals surface area contributed by atoms with Gasteiger partial charge >= 0.3 is 0 Å². The smallest absolute Gasteiger partial charge is 0.0543 e. The standard InChI is InChI=1S/2C6H14O/c1-4-5-6(2)7-3;1-3-4-5-6-7-2/h6H,4-5H2,1-3H3;3-6H2,1-2H3. The zero-order valence-electron chi connectivity index (χ0n) is 10.6. The molecule has 0 saturated carbocycles. The Labute approximate surface area is 90.0 Å². The SMILES string of the molecule is CCCC(C)OC.CCCCCOC. The molecule has 2 nitrogen and oxygen atoms in total. The van der Waals surface area contributed by atoms with E-state index in [0.717, 1.165) is 6.61 Å². The van der Waals surface area contributed by atoms with E-state index >= 15 is 0 Å². The summed E-state index contributed by atoms with van der Waals surface area (Å²) in [5.41, 5.74) is 0. The molecule has 0 aromatic carbocycles. The maximum Gasteiger partial charge on any atom is 0.0543 e. The van der Waals surface area contributed by atoms with Crippen LogP contribution < -0.4 is 0 Å². The first kappa shape index (κ1) is 16.4. The summed E-state index contributed by atoms with van der Waals surface area (Å²) in [6, 6.07) is 0. The number of unbranched alkanes of at least 4 members (excludes halogenated alkanes) is 2. The molecule has 88 valence electrons. The quantitative estimate of drug-likeness (QED) is 0.589. The Morgan fingerprint density at radius 2 is 1.64 bits per heavy atom. The van der Waals surface area contributed by atoms with Crippen molar-refractivity contribution in [3.05, 3.63) is 0 Å². The molecule has 0 N–H and O–H groups in total. The van der Waals surface area contributed by atoms with Gasteiger partial charge in [0.05, 0.1) is 6.10 Å². The molecule has 0 bridgehead atoms. The Morgan fingerprint density at radius 3 is 1.93 bits per heavy atom. The summed E-state index contributed by atoms with van der Waals surface area (Å²) in [7, 11) is 3.50. The molecule has 0 aliphatic carbocycles. The summed E-state index contributed by atoms with van der Waals surface area (Å²) in [6.45, 7) is 7.36. The summed E-state index contributed by atoms with van der Waals surface area (Å²) in [6.07, 6.45) is 6.64. The van der Waals surface area contributed by atoms with E-state index in [-0.39, 0.29) is 0 Å². The molecule has 0 fully saturated rings. The second-order valence-electron chi connectivity index (χ2n) is 3.53. The van der Waals surface area contributed by atoms with E-state index in [2.05, 4.69) is 20.8 Å². The van der Waals surface area contributed by atoms with Gasteiger partial charge in [-0.25, -0.2) is 0 Å². The van der Waals surface area contributed by atoms with Crippen molar-refractivity contribution in [3.63, 3.8) is 0 Å². The lowest BCUT2D eigenvalue weighted by atomic mass is 10.2. The van der Waals surface area contributed by atoms with E-state index in [1.54, 1.807) is 14.2 Å². The number of ether oxygens (including phenoxy) is 2. The van der Waals surface area contributed by atoms with Gasteiger partial charge in [-0.1, -0.05) is 33.1 Å². The van der Waals surface area contributed by atoms with Gasteiger partial charge in [-0.2, -0.15) is 0 Å². The molecule has 0 spiro atoms. The predicted molar refractivity (Wildman–Crippen MR) is 62.8 cm³/mol. The molecule has 0 rings (SSSR count). The number of hydrogen-bond donors (Lipinski definition) is 0. The van der Waals surface area contributed by atoms with Gasteiger partial charge < -0.3 is 9.47 Å². The molecule has 0 aliphatic rings. The lowest BCUT2D eigenvalue weighted by Gasteiger charge is -2.04. The van der Waals surface area contributed by atoms with E-state index in [1.165, 1.54) is 32.1 Å². The maximum absolute atomic E-state index is 4.99. The van der Waals surface area contributed by atoms with Crippen LogP contribution in [0.3, 0.4) is 0 Å². The van der Waals surface area contributed by atoms with E-state index in [9.17, 15) is 0 Å². The molecule has 14 heavy (non-hydrogen) atoms. The van der Waals surface area contributed by atoms with Crippen molar-refractivity contribution in [1.29, 1.82) is 0 Å². The minimum atomic E-state index is 0.449. The first-order valence-electron chi connectivity index (χ1n) is 5.74. The van der Waals surface area contributed by atoms with Crippen LogP contribution in [0, 0.1) is 0 Å². The van der Waals surface area contributed by atoms with Crippen molar-refractivity contribution < 1.29 is 9.47 Å². The molecule has 0 aliphatic heterocycles. The van der Waals surface area contributed by atoms with Gasteiger partial charge in [0.2, 0.25) is 0 Å². The number of rotatable bonds is 7. The average molecular weight is 204 g/mol. The Hall–Kier alpha value is -0.0800. The van der Waals surface area contributed by atoms with Gasteiger partial charge in [-0.15, -0.1) is 0 Å². The van der Waals surface area contributed by atoms with Gasteiger partial charge in [-0.05, 0) is 19.8 Å². The van der Waals surface area contributed by atoms with Crippen LogP contribution in [0.5, 0.6) is 0 Å². The third-order valence-electron chi connectivity index (χ3n) is 2.05. The molecule has 2 heteroatoms. The summed E-state index contributed by atoms with van der Waals surface area (Å²) in [5, 5.41) is 0. The van der Waals surface area contributed by atoms with Gasteiger partial charge in [-0.3, -0.25) is 0 Å². The molecule has 0 saturated heterocycles. The Balaban J connectivity index is 0. The van der Waals surface area contributed by atoms with E-state index in [4.69, 9.17) is 9.47 Å². The average Bonchev–Trinajstić information content (AvgIpc) is 2.20. The fourth-order valence-electron chi connectivity index (χ4n) is 1.02. The third kappa shape index (κ3) is 17.9. The molecule has 0 aromatic rings. The van der Waals surface area contributed by atoms with Crippen molar-refractivity contribution in [3.8, 4) is 0 Å². The van der Waals surface area contributed by atoms with Crippen LogP contribution in [-0.2, 0) is 9.47 Å². The Kier molecular flexibility index (Phi) is 18.0. The third-order valence-corrected chi connectivity index (χ3v) is 2.05. The number of methoxy groups -OCH3 is 2. The van der Waals surface area contributed by atoms with Crippen LogP contribution in [0.2, 0.25) is 0 Å². The highest BCUT2D eigenvalue weighted by Crippen LogP contribution is 1.96. The lowest BCUT2D eigenvalue weighted by Crippen LogP contribution is -2.02. The molecule has 1 atom stereocenters. The highest BCUT2D eigenvalue weighted by molar-refractivity contribution is 4.44. The first-order chi connectivity index (χ1) is 6.72. The zero-order valence-corrected chi connectivity index (χ0v) is 10.6. The highest BCUT2D eigenvalue weighted by atomic mass is 16.5. The molecule has 0 aromatic heterocycles. The summed E-state index contributed by atoms with van der Waals surface area (Å²) < 4.78 is 9.83. The number of hydrogen-bond acceptors (Lipinski definition) is 2. The molecule has 0 radical (unpaired) electrons. The zero-order chi connectivity index (χ0) is 11.2. The van der Waals surface area contributed by atoms with Crippen molar-refractivity contribution in [2.75, 3.05) is 20.8 Å². The second-order valence-corrected chi connectivity index (χ2v) is 3.53.